The molecule has 1 fully saturated rings. The molecule has 1 aromatic carbocycles. The van der Waals surface area contributed by atoms with E-state index in [1.54, 1.807) is 18.7 Å². The summed E-state index contributed by atoms with van der Waals surface area (Å²) in [6, 6.07) is 9.75. The van der Waals surface area contributed by atoms with E-state index in [9.17, 15) is 15.0 Å². The van der Waals surface area contributed by atoms with Crippen molar-refractivity contribution in [2.75, 3.05) is 6.54 Å². The van der Waals surface area contributed by atoms with Crippen molar-refractivity contribution in [2.24, 2.45) is 5.92 Å². The molecule has 1 amide bonds. The third kappa shape index (κ3) is 4.55. The van der Waals surface area contributed by atoms with E-state index in [1.807, 2.05) is 30.3 Å². The normalized spacial score (nSPS) is 22.3. The van der Waals surface area contributed by atoms with Crippen LogP contribution in [0.15, 0.2) is 30.3 Å². The van der Waals surface area contributed by atoms with Gasteiger partial charge in [0.15, 0.2) is 0 Å². The first-order valence-electron chi connectivity index (χ1n) is 7.60. The Kier molecular flexibility index (Phi) is 5.01. The molecule has 2 rings (SSSR count). The van der Waals surface area contributed by atoms with E-state index < -0.39 is 11.7 Å². The lowest BCUT2D eigenvalue weighted by Crippen LogP contribution is -2.45. The standard InChI is InChI=1S/C17H25NO3/c1-17(2,21)12-18(11-13-7-4-3-5-8-13)16(20)14-9-6-10-15(14)19/h3-5,7-8,14-15,19,21H,6,9-12H2,1-2H3. The molecule has 1 saturated carbocycles. The molecule has 0 aromatic heterocycles. The summed E-state index contributed by atoms with van der Waals surface area (Å²) in [5, 5.41) is 20.0. The second-order valence-corrected chi connectivity index (χ2v) is 6.60. The molecule has 2 N–H and O–H groups in total. The SMILES string of the molecule is CC(C)(O)CN(Cc1ccccc1)C(=O)C1CCCC1O. The van der Waals surface area contributed by atoms with Crippen molar-refractivity contribution >= 4 is 5.91 Å². The van der Waals surface area contributed by atoms with Crippen LogP contribution in [0.3, 0.4) is 0 Å². The van der Waals surface area contributed by atoms with Gasteiger partial charge in [-0.1, -0.05) is 30.3 Å². The van der Waals surface area contributed by atoms with E-state index >= 15 is 0 Å². The Morgan fingerprint density at radius 2 is 1.95 bits per heavy atom. The molecule has 0 spiro atoms. The minimum absolute atomic E-state index is 0.0500. The van der Waals surface area contributed by atoms with Crippen LogP contribution in [0.2, 0.25) is 0 Å². The van der Waals surface area contributed by atoms with Crippen LogP contribution in [0.25, 0.3) is 0 Å². The second kappa shape index (κ2) is 6.58. The molecule has 0 radical (unpaired) electrons. The molecule has 0 heterocycles. The summed E-state index contributed by atoms with van der Waals surface area (Å²) in [4.78, 5) is 14.4. The highest BCUT2D eigenvalue weighted by molar-refractivity contribution is 5.79. The second-order valence-electron chi connectivity index (χ2n) is 6.60. The van der Waals surface area contributed by atoms with Gasteiger partial charge in [0.1, 0.15) is 0 Å². The third-order valence-corrected chi connectivity index (χ3v) is 3.90. The first kappa shape index (κ1) is 16.0. The number of aliphatic hydroxyl groups excluding tert-OH is 1. The Balaban J connectivity index is 2.13. The molecular weight excluding hydrogens is 266 g/mol. The minimum atomic E-state index is -0.950. The van der Waals surface area contributed by atoms with Crippen LogP contribution in [0.1, 0.15) is 38.7 Å². The predicted octanol–water partition coefficient (Wildman–Crippen LogP) is 1.95. The van der Waals surface area contributed by atoms with E-state index in [4.69, 9.17) is 0 Å². The Bertz CT molecular complexity index is 467. The fourth-order valence-corrected chi connectivity index (χ4v) is 2.95. The summed E-state index contributed by atoms with van der Waals surface area (Å²) >= 11 is 0. The molecule has 0 aliphatic heterocycles. The zero-order chi connectivity index (χ0) is 15.5. The summed E-state index contributed by atoms with van der Waals surface area (Å²) in [5.41, 5.74) is 0.0798. The van der Waals surface area contributed by atoms with E-state index in [0.29, 0.717) is 13.0 Å². The first-order chi connectivity index (χ1) is 9.87. The monoisotopic (exact) mass is 291 g/mol. The number of nitrogens with zero attached hydrogens (tertiary/aromatic N) is 1. The van der Waals surface area contributed by atoms with Crippen molar-refractivity contribution in [1.29, 1.82) is 0 Å². The molecular formula is C17H25NO3. The van der Waals surface area contributed by atoms with Gasteiger partial charge in [0, 0.05) is 13.1 Å². The Hall–Kier alpha value is -1.39. The number of carbonyl (C=O) groups is 1. The smallest absolute Gasteiger partial charge is 0.228 e. The lowest BCUT2D eigenvalue weighted by atomic mass is 10.0. The summed E-state index contributed by atoms with van der Waals surface area (Å²) < 4.78 is 0. The molecule has 1 aliphatic carbocycles. The fourth-order valence-electron chi connectivity index (χ4n) is 2.95. The molecule has 116 valence electrons. The quantitative estimate of drug-likeness (QED) is 0.871. The van der Waals surface area contributed by atoms with Crippen LogP contribution in [0.5, 0.6) is 0 Å². The van der Waals surface area contributed by atoms with E-state index in [-0.39, 0.29) is 18.4 Å². The number of amides is 1. The van der Waals surface area contributed by atoms with Crippen molar-refractivity contribution in [2.45, 2.75) is 51.4 Å². The fraction of sp³-hybridized carbons (Fsp3) is 0.588. The van der Waals surface area contributed by atoms with Gasteiger partial charge >= 0.3 is 0 Å². The highest BCUT2D eigenvalue weighted by atomic mass is 16.3. The molecule has 2 atom stereocenters. The van der Waals surface area contributed by atoms with Crippen molar-refractivity contribution in [3.8, 4) is 0 Å². The molecule has 2 unspecified atom stereocenters. The van der Waals surface area contributed by atoms with Crippen LogP contribution < -0.4 is 0 Å². The highest BCUT2D eigenvalue weighted by Crippen LogP contribution is 2.28. The number of benzene rings is 1. The van der Waals surface area contributed by atoms with Crippen molar-refractivity contribution in [1.82, 2.24) is 4.90 Å². The van der Waals surface area contributed by atoms with Gasteiger partial charge in [0.05, 0.1) is 17.6 Å². The maximum atomic E-state index is 12.7. The van der Waals surface area contributed by atoms with Gasteiger partial charge in [-0.2, -0.15) is 0 Å². The zero-order valence-corrected chi connectivity index (χ0v) is 12.8. The largest absolute Gasteiger partial charge is 0.392 e. The maximum Gasteiger partial charge on any atom is 0.228 e. The Morgan fingerprint density at radius 1 is 1.29 bits per heavy atom. The predicted molar refractivity (Wildman–Crippen MR) is 81.5 cm³/mol. The molecule has 4 heteroatoms. The van der Waals surface area contributed by atoms with E-state index in [2.05, 4.69) is 0 Å². The molecule has 0 saturated heterocycles. The summed E-state index contributed by atoms with van der Waals surface area (Å²) in [6.07, 6.45) is 1.77. The van der Waals surface area contributed by atoms with E-state index in [0.717, 1.165) is 18.4 Å². The van der Waals surface area contributed by atoms with Crippen LogP contribution >= 0.6 is 0 Å². The average Bonchev–Trinajstić information content (AvgIpc) is 2.83. The Labute approximate surface area is 126 Å². The van der Waals surface area contributed by atoms with Gasteiger partial charge in [-0.25, -0.2) is 0 Å². The molecule has 0 bridgehead atoms. The lowest BCUT2D eigenvalue weighted by molar-refractivity contribution is -0.142. The Morgan fingerprint density at radius 3 is 2.48 bits per heavy atom. The van der Waals surface area contributed by atoms with Crippen LogP contribution in [-0.2, 0) is 11.3 Å². The number of rotatable bonds is 5. The third-order valence-electron chi connectivity index (χ3n) is 3.90. The summed E-state index contributed by atoms with van der Waals surface area (Å²) in [5.74, 6) is -0.373. The highest BCUT2D eigenvalue weighted by Gasteiger charge is 2.35. The average molecular weight is 291 g/mol. The van der Waals surface area contributed by atoms with Gasteiger partial charge < -0.3 is 15.1 Å². The van der Waals surface area contributed by atoms with Crippen LogP contribution in [0, 0.1) is 5.92 Å². The van der Waals surface area contributed by atoms with Gasteiger partial charge in [-0.3, -0.25) is 4.79 Å². The van der Waals surface area contributed by atoms with Gasteiger partial charge in [-0.15, -0.1) is 0 Å². The molecule has 4 nitrogen and oxygen atoms in total. The van der Waals surface area contributed by atoms with Crippen molar-refractivity contribution < 1.29 is 15.0 Å². The zero-order valence-electron chi connectivity index (χ0n) is 12.8. The molecule has 21 heavy (non-hydrogen) atoms. The summed E-state index contributed by atoms with van der Waals surface area (Å²) in [6.45, 7) is 4.13. The number of hydrogen-bond acceptors (Lipinski definition) is 3. The van der Waals surface area contributed by atoms with Gasteiger partial charge in [0.25, 0.3) is 0 Å². The summed E-state index contributed by atoms with van der Waals surface area (Å²) in [7, 11) is 0. The number of aliphatic hydroxyl groups is 2. The topological polar surface area (TPSA) is 60.8 Å². The van der Waals surface area contributed by atoms with Gasteiger partial charge in [0.2, 0.25) is 5.91 Å². The molecule has 1 aliphatic rings. The number of carbonyl (C=O) groups excluding carboxylic acids is 1. The maximum absolute atomic E-state index is 12.7. The van der Waals surface area contributed by atoms with E-state index in [1.165, 1.54) is 0 Å². The van der Waals surface area contributed by atoms with Crippen molar-refractivity contribution in [3.05, 3.63) is 35.9 Å². The van der Waals surface area contributed by atoms with Crippen LogP contribution in [0.4, 0.5) is 0 Å². The first-order valence-corrected chi connectivity index (χ1v) is 7.60. The van der Waals surface area contributed by atoms with Crippen LogP contribution in [-0.4, -0.2) is 39.3 Å². The minimum Gasteiger partial charge on any atom is -0.392 e. The van der Waals surface area contributed by atoms with Crippen molar-refractivity contribution in [3.63, 3.8) is 0 Å². The van der Waals surface area contributed by atoms with Gasteiger partial charge in [-0.05, 0) is 38.7 Å². The molecule has 1 aromatic rings. The lowest BCUT2D eigenvalue weighted by Gasteiger charge is -2.32. The number of hydrogen-bond donors (Lipinski definition) is 2.